The monoisotopic (exact) mass is 395 g/mol. The van der Waals surface area contributed by atoms with E-state index in [2.05, 4.69) is 0 Å². The Bertz CT molecular complexity index is 1020. The van der Waals surface area contributed by atoms with Gasteiger partial charge in [0.15, 0.2) is 0 Å². The number of para-hydroxylation sites is 1. The van der Waals surface area contributed by atoms with Gasteiger partial charge in [0.2, 0.25) is 0 Å². The number of nitrogens with zero attached hydrogens (tertiary/aromatic N) is 1. The molecule has 0 fully saturated rings. The van der Waals surface area contributed by atoms with E-state index in [4.69, 9.17) is 16.3 Å². The fraction of sp³-hybridized carbons (Fsp3) is 0.136. The second-order valence-corrected chi connectivity index (χ2v) is 8.04. The normalized spacial score (nSPS) is 12.5. The largest absolute Gasteiger partial charge is 0.491 e. The minimum atomic E-state index is -0.111. The first-order valence-corrected chi connectivity index (χ1v) is 9.90. The van der Waals surface area contributed by atoms with Crippen LogP contribution in [0, 0.1) is 0 Å². The number of anilines is 2. The zero-order chi connectivity index (χ0) is 19.0. The third-order valence-electron chi connectivity index (χ3n) is 4.14. The van der Waals surface area contributed by atoms with E-state index < -0.39 is 0 Å². The standard InChI is InChI=1S/C22H18ClNO2S/c1-14(2)26-17-7-5-6-15(12-17)22(25)24-18-8-3-4-9-20(18)27-21-11-10-16(23)13-19(21)24/h3-14H,1-2H3. The van der Waals surface area contributed by atoms with Crippen molar-refractivity contribution in [3.05, 3.63) is 77.3 Å². The summed E-state index contributed by atoms with van der Waals surface area (Å²) in [4.78, 5) is 17.3. The minimum Gasteiger partial charge on any atom is -0.491 e. The van der Waals surface area contributed by atoms with Crippen molar-refractivity contribution in [2.75, 3.05) is 4.90 Å². The van der Waals surface area contributed by atoms with Crippen LogP contribution in [-0.2, 0) is 0 Å². The highest BCUT2D eigenvalue weighted by Crippen LogP contribution is 2.49. The summed E-state index contributed by atoms with van der Waals surface area (Å²) in [7, 11) is 0. The molecule has 4 rings (SSSR count). The highest BCUT2D eigenvalue weighted by Gasteiger charge is 2.29. The van der Waals surface area contributed by atoms with E-state index in [1.165, 1.54) is 0 Å². The molecule has 5 heteroatoms. The van der Waals surface area contributed by atoms with Crippen LogP contribution in [0.5, 0.6) is 5.75 Å². The second-order valence-electron chi connectivity index (χ2n) is 6.52. The van der Waals surface area contributed by atoms with E-state index in [0.29, 0.717) is 16.3 Å². The molecule has 1 heterocycles. The van der Waals surface area contributed by atoms with Crippen LogP contribution in [0.1, 0.15) is 24.2 Å². The summed E-state index contributed by atoms with van der Waals surface area (Å²) in [6.45, 7) is 3.93. The van der Waals surface area contributed by atoms with Gasteiger partial charge in [0, 0.05) is 20.4 Å². The SMILES string of the molecule is CC(C)Oc1cccc(C(=O)N2c3ccccc3Sc3ccc(Cl)cc32)c1. The lowest BCUT2D eigenvalue weighted by atomic mass is 10.1. The molecule has 0 saturated carbocycles. The molecule has 0 N–H and O–H groups in total. The van der Waals surface area contributed by atoms with Crippen LogP contribution in [-0.4, -0.2) is 12.0 Å². The molecule has 3 nitrogen and oxygen atoms in total. The summed E-state index contributed by atoms with van der Waals surface area (Å²) in [5.41, 5.74) is 2.23. The number of benzene rings is 3. The van der Waals surface area contributed by atoms with E-state index >= 15 is 0 Å². The Morgan fingerprint density at radius 2 is 1.74 bits per heavy atom. The predicted octanol–water partition coefficient (Wildman–Crippen LogP) is 6.57. The van der Waals surface area contributed by atoms with E-state index in [1.54, 1.807) is 22.7 Å². The van der Waals surface area contributed by atoms with E-state index in [-0.39, 0.29) is 12.0 Å². The van der Waals surface area contributed by atoms with Gasteiger partial charge in [-0.3, -0.25) is 9.69 Å². The molecule has 27 heavy (non-hydrogen) atoms. The average Bonchev–Trinajstić information content (AvgIpc) is 2.65. The summed E-state index contributed by atoms with van der Waals surface area (Å²) < 4.78 is 5.75. The van der Waals surface area contributed by atoms with Crippen molar-refractivity contribution < 1.29 is 9.53 Å². The number of ether oxygens (including phenoxy) is 1. The topological polar surface area (TPSA) is 29.5 Å². The molecule has 0 radical (unpaired) electrons. The number of halogens is 1. The molecule has 1 aliphatic heterocycles. The molecule has 0 spiro atoms. The van der Waals surface area contributed by atoms with Crippen molar-refractivity contribution in [2.24, 2.45) is 0 Å². The molecular weight excluding hydrogens is 378 g/mol. The molecule has 136 valence electrons. The number of carbonyl (C=O) groups is 1. The van der Waals surface area contributed by atoms with Crippen molar-refractivity contribution in [3.63, 3.8) is 0 Å². The Labute approximate surface area is 167 Å². The van der Waals surface area contributed by atoms with E-state index in [9.17, 15) is 4.79 Å². The average molecular weight is 396 g/mol. The van der Waals surface area contributed by atoms with Gasteiger partial charge in [-0.1, -0.05) is 41.6 Å². The Kier molecular flexibility index (Phi) is 4.85. The highest BCUT2D eigenvalue weighted by molar-refractivity contribution is 7.99. The molecule has 0 unspecified atom stereocenters. The summed E-state index contributed by atoms with van der Waals surface area (Å²) in [5.74, 6) is 0.572. The number of amides is 1. The van der Waals surface area contributed by atoms with E-state index in [1.807, 2.05) is 74.5 Å². The Morgan fingerprint density at radius 3 is 2.56 bits per heavy atom. The maximum atomic E-state index is 13.5. The van der Waals surface area contributed by atoms with Crippen molar-refractivity contribution >= 4 is 40.6 Å². The van der Waals surface area contributed by atoms with Gasteiger partial charge in [-0.25, -0.2) is 0 Å². The maximum Gasteiger partial charge on any atom is 0.263 e. The van der Waals surface area contributed by atoms with Crippen LogP contribution in [0.25, 0.3) is 0 Å². The Hall–Kier alpha value is -2.43. The van der Waals surface area contributed by atoms with Crippen molar-refractivity contribution in [1.29, 1.82) is 0 Å². The van der Waals surface area contributed by atoms with Gasteiger partial charge in [0.25, 0.3) is 5.91 Å². The van der Waals surface area contributed by atoms with Crippen LogP contribution in [0.4, 0.5) is 11.4 Å². The first-order chi connectivity index (χ1) is 13.0. The lowest BCUT2D eigenvalue weighted by Gasteiger charge is -2.31. The first-order valence-electron chi connectivity index (χ1n) is 8.70. The van der Waals surface area contributed by atoms with Gasteiger partial charge in [-0.2, -0.15) is 0 Å². The predicted molar refractivity (Wildman–Crippen MR) is 111 cm³/mol. The number of rotatable bonds is 3. The Morgan fingerprint density at radius 1 is 0.963 bits per heavy atom. The van der Waals surface area contributed by atoms with Crippen LogP contribution in [0.3, 0.4) is 0 Å². The third-order valence-corrected chi connectivity index (χ3v) is 5.51. The molecule has 0 aliphatic carbocycles. The maximum absolute atomic E-state index is 13.5. The fourth-order valence-corrected chi connectivity index (χ4v) is 4.26. The van der Waals surface area contributed by atoms with Gasteiger partial charge in [-0.15, -0.1) is 0 Å². The minimum absolute atomic E-state index is 0.0435. The molecule has 1 amide bonds. The molecule has 0 bridgehead atoms. The van der Waals surface area contributed by atoms with Crippen LogP contribution < -0.4 is 9.64 Å². The number of carbonyl (C=O) groups excluding carboxylic acids is 1. The summed E-state index contributed by atoms with van der Waals surface area (Å²) in [6, 6.07) is 20.8. The van der Waals surface area contributed by atoms with Gasteiger partial charge >= 0.3 is 0 Å². The highest BCUT2D eigenvalue weighted by atomic mass is 35.5. The molecule has 3 aromatic carbocycles. The quantitative estimate of drug-likeness (QED) is 0.502. The van der Waals surface area contributed by atoms with Crippen LogP contribution in [0.15, 0.2) is 76.5 Å². The third kappa shape index (κ3) is 3.55. The van der Waals surface area contributed by atoms with Gasteiger partial charge in [0.05, 0.1) is 17.5 Å². The van der Waals surface area contributed by atoms with Gasteiger partial charge < -0.3 is 4.74 Å². The molecular formula is C22H18ClNO2S. The lowest BCUT2D eigenvalue weighted by Crippen LogP contribution is -2.28. The van der Waals surface area contributed by atoms with Gasteiger partial charge in [0.1, 0.15) is 5.75 Å². The molecule has 3 aromatic rings. The number of fused-ring (bicyclic) bond motifs is 2. The lowest BCUT2D eigenvalue weighted by molar-refractivity contribution is 0.0997. The zero-order valence-corrected chi connectivity index (χ0v) is 16.6. The first kappa shape index (κ1) is 18.0. The molecule has 0 atom stereocenters. The van der Waals surface area contributed by atoms with Gasteiger partial charge in [-0.05, 0) is 62.4 Å². The smallest absolute Gasteiger partial charge is 0.263 e. The van der Waals surface area contributed by atoms with Crippen LogP contribution in [0.2, 0.25) is 5.02 Å². The van der Waals surface area contributed by atoms with Crippen molar-refractivity contribution in [2.45, 2.75) is 29.7 Å². The molecule has 0 aromatic heterocycles. The van der Waals surface area contributed by atoms with E-state index in [0.717, 1.165) is 21.2 Å². The molecule has 0 saturated heterocycles. The summed E-state index contributed by atoms with van der Waals surface area (Å²) in [5, 5.41) is 0.600. The molecule has 1 aliphatic rings. The second kappa shape index (κ2) is 7.29. The zero-order valence-electron chi connectivity index (χ0n) is 15.0. The number of hydrogen-bond acceptors (Lipinski definition) is 3. The summed E-state index contributed by atoms with van der Waals surface area (Å²) in [6.07, 6.45) is 0.0435. The van der Waals surface area contributed by atoms with Crippen LogP contribution >= 0.6 is 23.4 Å². The number of hydrogen-bond donors (Lipinski definition) is 0. The Balaban J connectivity index is 1.81. The summed E-state index contributed by atoms with van der Waals surface area (Å²) >= 11 is 7.88. The van der Waals surface area contributed by atoms with Crippen molar-refractivity contribution in [1.82, 2.24) is 0 Å². The van der Waals surface area contributed by atoms with Crippen molar-refractivity contribution in [3.8, 4) is 5.75 Å². The fourth-order valence-electron chi connectivity index (χ4n) is 3.05.